The van der Waals surface area contributed by atoms with Crippen molar-refractivity contribution in [1.82, 2.24) is 0 Å². The summed E-state index contributed by atoms with van der Waals surface area (Å²) < 4.78 is 6.40. The van der Waals surface area contributed by atoms with Crippen LogP contribution in [0.4, 0.5) is 11.4 Å². The molecule has 0 saturated heterocycles. The zero-order chi connectivity index (χ0) is 20.7. The lowest BCUT2D eigenvalue weighted by Crippen LogP contribution is -2.22. The summed E-state index contributed by atoms with van der Waals surface area (Å²) in [5, 5.41) is 5.97. The summed E-state index contributed by atoms with van der Waals surface area (Å²) in [5.74, 6) is 1.76. The number of halogens is 2. The van der Waals surface area contributed by atoms with Crippen molar-refractivity contribution in [2.45, 2.75) is 32.6 Å². The van der Waals surface area contributed by atoms with Gasteiger partial charge in [-0.05, 0) is 76.5 Å². The van der Waals surface area contributed by atoms with Gasteiger partial charge in [-0.1, -0.05) is 61.5 Å². The van der Waals surface area contributed by atoms with Crippen LogP contribution in [0.15, 0.2) is 60.7 Å². The highest BCUT2D eigenvalue weighted by Crippen LogP contribution is 2.49. The van der Waals surface area contributed by atoms with Crippen molar-refractivity contribution in [2.24, 2.45) is 0 Å². The minimum Gasteiger partial charge on any atom is -0.453 e. The second-order valence-electron chi connectivity index (χ2n) is 7.94. The van der Waals surface area contributed by atoms with E-state index in [9.17, 15) is 0 Å². The average molecular weight is 436 g/mol. The van der Waals surface area contributed by atoms with Crippen molar-refractivity contribution >= 4 is 56.1 Å². The Kier molecular flexibility index (Phi) is 5.22. The summed E-state index contributed by atoms with van der Waals surface area (Å²) in [7, 11) is 0. The number of ether oxygens (including phenoxy) is 1. The van der Waals surface area contributed by atoms with Gasteiger partial charge in [0.05, 0.1) is 11.4 Å². The highest BCUT2D eigenvalue weighted by Gasteiger charge is 2.25. The third-order valence-electron chi connectivity index (χ3n) is 5.80. The Morgan fingerprint density at radius 2 is 1.23 bits per heavy atom. The molecular formula is C26H23Cl2NO. The molecule has 0 atom stereocenters. The Balaban J connectivity index is 1.65. The van der Waals surface area contributed by atoms with Crippen LogP contribution in [0.2, 0.25) is 10.0 Å². The van der Waals surface area contributed by atoms with Crippen LogP contribution in [0.3, 0.4) is 0 Å². The molecule has 0 spiro atoms. The van der Waals surface area contributed by atoms with Crippen LogP contribution in [0, 0.1) is 0 Å². The van der Waals surface area contributed by atoms with E-state index in [1.165, 1.54) is 19.3 Å². The van der Waals surface area contributed by atoms with Gasteiger partial charge in [0.15, 0.2) is 11.5 Å². The summed E-state index contributed by atoms with van der Waals surface area (Å²) in [6.45, 7) is 3.20. The first kappa shape index (κ1) is 19.5. The molecule has 1 heterocycles. The van der Waals surface area contributed by atoms with E-state index in [4.69, 9.17) is 27.9 Å². The monoisotopic (exact) mass is 435 g/mol. The van der Waals surface area contributed by atoms with Gasteiger partial charge >= 0.3 is 0 Å². The number of rotatable bonds is 5. The molecule has 0 N–H and O–H groups in total. The van der Waals surface area contributed by atoms with Gasteiger partial charge in [0, 0.05) is 16.6 Å². The molecule has 0 amide bonds. The number of fused-ring (bicyclic) bond motifs is 4. The average Bonchev–Trinajstić information content (AvgIpc) is 2.73. The van der Waals surface area contributed by atoms with Crippen molar-refractivity contribution in [1.29, 1.82) is 0 Å². The lowest BCUT2D eigenvalue weighted by atomic mass is 10.0. The molecule has 0 saturated carbocycles. The second kappa shape index (κ2) is 8.02. The number of nitrogens with zero attached hydrogens (tertiary/aromatic N) is 1. The topological polar surface area (TPSA) is 12.5 Å². The van der Waals surface area contributed by atoms with Crippen LogP contribution in [0.5, 0.6) is 11.5 Å². The Hall–Kier alpha value is -2.42. The number of hydrogen-bond donors (Lipinski definition) is 0. The molecule has 30 heavy (non-hydrogen) atoms. The van der Waals surface area contributed by atoms with Crippen LogP contribution in [0.25, 0.3) is 21.5 Å². The molecule has 152 valence electrons. The fourth-order valence-corrected chi connectivity index (χ4v) is 4.60. The number of anilines is 2. The van der Waals surface area contributed by atoms with Gasteiger partial charge < -0.3 is 9.64 Å². The number of hydrogen-bond acceptors (Lipinski definition) is 2. The molecule has 4 heteroatoms. The normalized spacial score (nSPS) is 12.7. The van der Waals surface area contributed by atoms with E-state index in [0.29, 0.717) is 0 Å². The highest BCUT2D eigenvalue weighted by molar-refractivity contribution is 6.31. The van der Waals surface area contributed by atoms with E-state index in [2.05, 4.69) is 42.2 Å². The summed E-state index contributed by atoms with van der Waals surface area (Å²) in [6.07, 6.45) is 4.85. The molecule has 5 rings (SSSR count). The zero-order valence-electron chi connectivity index (χ0n) is 16.9. The molecule has 2 nitrogen and oxygen atoms in total. The maximum Gasteiger partial charge on any atom is 0.151 e. The van der Waals surface area contributed by atoms with E-state index in [1.807, 2.05) is 30.3 Å². The summed E-state index contributed by atoms with van der Waals surface area (Å²) in [4.78, 5) is 2.40. The van der Waals surface area contributed by atoms with Crippen LogP contribution in [0.1, 0.15) is 32.6 Å². The first-order valence-electron chi connectivity index (χ1n) is 10.5. The van der Waals surface area contributed by atoms with E-state index >= 15 is 0 Å². The molecule has 0 aliphatic carbocycles. The van der Waals surface area contributed by atoms with Crippen molar-refractivity contribution in [2.75, 3.05) is 11.4 Å². The second-order valence-corrected chi connectivity index (χ2v) is 8.81. The van der Waals surface area contributed by atoms with Crippen molar-refractivity contribution in [3.05, 3.63) is 70.7 Å². The third-order valence-corrected chi connectivity index (χ3v) is 6.27. The molecule has 4 aromatic rings. The SMILES string of the molecule is CCCCCCN1c2cc3ccc(Cl)cc3cc2Oc2cc3ccc(Cl)cc3cc21. The van der Waals surface area contributed by atoms with E-state index < -0.39 is 0 Å². The van der Waals surface area contributed by atoms with Gasteiger partial charge in [0.25, 0.3) is 0 Å². The van der Waals surface area contributed by atoms with Gasteiger partial charge in [-0.3, -0.25) is 0 Å². The fourth-order valence-electron chi connectivity index (χ4n) is 4.24. The molecule has 0 unspecified atom stereocenters. The Bertz CT molecular complexity index is 1250. The van der Waals surface area contributed by atoms with Gasteiger partial charge in [-0.2, -0.15) is 0 Å². The van der Waals surface area contributed by atoms with Crippen LogP contribution in [-0.4, -0.2) is 6.54 Å². The maximum absolute atomic E-state index is 6.40. The summed E-state index contributed by atoms with van der Waals surface area (Å²) in [5.41, 5.74) is 2.21. The van der Waals surface area contributed by atoms with Gasteiger partial charge in [0.1, 0.15) is 0 Å². The predicted molar refractivity (Wildman–Crippen MR) is 129 cm³/mol. The molecule has 0 bridgehead atoms. The van der Waals surface area contributed by atoms with Crippen molar-refractivity contribution in [3.63, 3.8) is 0 Å². The Morgan fingerprint density at radius 3 is 1.90 bits per heavy atom. The highest BCUT2D eigenvalue weighted by atomic mass is 35.5. The van der Waals surface area contributed by atoms with Crippen molar-refractivity contribution in [3.8, 4) is 11.5 Å². The fraction of sp³-hybridized carbons (Fsp3) is 0.231. The molecule has 1 aliphatic heterocycles. The standard InChI is InChI=1S/C26H23Cl2NO/c1-2-3-4-5-10-29-23-13-17-6-8-22(28)12-20(17)16-26(23)30-25-15-18-7-9-21(27)11-19(18)14-24(25)29/h6-9,11-16H,2-5,10H2,1H3. The van der Waals surface area contributed by atoms with Crippen LogP contribution < -0.4 is 9.64 Å². The molecule has 1 aliphatic rings. The molecule has 0 radical (unpaired) electrons. The Labute approximate surface area is 187 Å². The smallest absolute Gasteiger partial charge is 0.151 e. The van der Waals surface area contributed by atoms with Gasteiger partial charge in [-0.25, -0.2) is 0 Å². The lowest BCUT2D eigenvalue weighted by Gasteiger charge is -2.33. The van der Waals surface area contributed by atoms with Gasteiger partial charge in [0.2, 0.25) is 0 Å². The first-order valence-corrected chi connectivity index (χ1v) is 11.3. The Morgan fingerprint density at radius 1 is 0.667 bits per heavy atom. The van der Waals surface area contributed by atoms with E-state index in [1.54, 1.807) is 0 Å². The third kappa shape index (κ3) is 3.59. The van der Waals surface area contributed by atoms with E-state index in [-0.39, 0.29) is 0 Å². The minimum absolute atomic E-state index is 0.734. The quantitative estimate of drug-likeness (QED) is 0.289. The van der Waals surface area contributed by atoms with Gasteiger partial charge in [-0.15, -0.1) is 0 Å². The minimum atomic E-state index is 0.734. The molecule has 4 aromatic carbocycles. The van der Waals surface area contributed by atoms with Crippen LogP contribution in [-0.2, 0) is 0 Å². The predicted octanol–water partition coefficient (Wildman–Crippen LogP) is 9.12. The largest absolute Gasteiger partial charge is 0.453 e. The van der Waals surface area contributed by atoms with Crippen molar-refractivity contribution < 1.29 is 4.74 Å². The lowest BCUT2D eigenvalue weighted by molar-refractivity contribution is 0.473. The maximum atomic E-state index is 6.40. The summed E-state index contributed by atoms with van der Waals surface area (Å²) >= 11 is 12.5. The van der Waals surface area contributed by atoms with Crippen LogP contribution >= 0.6 is 23.2 Å². The molecule has 0 fully saturated rings. The summed E-state index contributed by atoms with van der Waals surface area (Å²) in [6, 6.07) is 20.6. The van der Waals surface area contributed by atoms with E-state index in [0.717, 1.165) is 67.4 Å². The number of unbranched alkanes of at least 4 members (excludes halogenated alkanes) is 3. The molecule has 0 aromatic heterocycles. The molecular weight excluding hydrogens is 413 g/mol. The number of benzene rings is 4. The zero-order valence-corrected chi connectivity index (χ0v) is 18.4. The first-order chi connectivity index (χ1) is 14.6.